The van der Waals surface area contributed by atoms with Crippen LogP contribution in [0.1, 0.15) is 24.1 Å². The molecule has 0 atom stereocenters. The van der Waals surface area contributed by atoms with E-state index in [1.807, 2.05) is 5.01 Å². The van der Waals surface area contributed by atoms with E-state index in [0.29, 0.717) is 19.0 Å². The van der Waals surface area contributed by atoms with E-state index in [1.165, 1.54) is 6.07 Å². The van der Waals surface area contributed by atoms with E-state index >= 15 is 0 Å². The molecule has 1 aromatic heterocycles. The maximum atomic E-state index is 12.4. The molecule has 19 heavy (non-hydrogen) atoms. The quantitative estimate of drug-likeness (QED) is 0.913. The van der Waals surface area contributed by atoms with Gasteiger partial charge in [0.25, 0.3) is 0 Å². The van der Waals surface area contributed by atoms with Gasteiger partial charge in [0, 0.05) is 12.7 Å². The normalized spacial score (nSPS) is 22.1. The first kappa shape index (κ1) is 12.8. The van der Waals surface area contributed by atoms with Crippen LogP contribution in [-0.2, 0) is 17.5 Å². The number of ether oxygens (including phenoxy) is 1. The number of halogens is 3. The van der Waals surface area contributed by atoms with Gasteiger partial charge in [-0.3, -0.25) is 4.98 Å². The number of nitrogens with one attached hydrogen (secondary N) is 1. The van der Waals surface area contributed by atoms with Crippen molar-refractivity contribution in [3.05, 3.63) is 29.6 Å². The van der Waals surface area contributed by atoms with Crippen LogP contribution < -0.4 is 5.43 Å². The van der Waals surface area contributed by atoms with Crippen molar-refractivity contribution in [3.63, 3.8) is 0 Å². The van der Waals surface area contributed by atoms with Crippen molar-refractivity contribution in [2.45, 2.75) is 31.2 Å². The van der Waals surface area contributed by atoms with Gasteiger partial charge in [-0.15, -0.1) is 0 Å². The third-order valence-electron chi connectivity index (χ3n) is 3.45. The van der Waals surface area contributed by atoms with E-state index in [2.05, 4.69) is 10.4 Å². The molecule has 1 saturated carbocycles. The average Bonchev–Trinajstić information content (AvgIpc) is 2.98. The molecular weight excluding hydrogens is 259 g/mol. The maximum absolute atomic E-state index is 12.4. The molecule has 1 aliphatic heterocycles. The monoisotopic (exact) mass is 273 g/mol. The van der Waals surface area contributed by atoms with Gasteiger partial charge in [0.1, 0.15) is 6.73 Å². The Kier molecular flexibility index (Phi) is 2.99. The van der Waals surface area contributed by atoms with Crippen molar-refractivity contribution < 1.29 is 17.9 Å². The summed E-state index contributed by atoms with van der Waals surface area (Å²) in [6.07, 6.45) is -1.30. The van der Waals surface area contributed by atoms with Gasteiger partial charge in [-0.2, -0.15) is 13.2 Å². The van der Waals surface area contributed by atoms with E-state index < -0.39 is 11.7 Å². The summed E-state index contributed by atoms with van der Waals surface area (Å²) in [5.74, 6) is 0. The molecule has 2 aliphatic rings. The van der Waals surface area contributed by atoms with E-state index in [0.717, 1.165) is 31.6 Å². The van der Waals surface area contributed by atoms with Crippen LogP contribution in [0.3, 0.4) is 0 Å². The van der Waals surface area contributed by atoms with Gasteiger partial charge in [0.15, 0.2) is 0 Å². The minimum Gasteiger partial charge on any atom is -0.357 e. The molecule has 2 heterocycles. The molecule has 1 saturated heterocycles. The molecule has 4 nitrogen and oxygen atoms in total. The summed E-state index contributed by atoms with van der Waals surface area (Å²) in [6.45, 7) is 1.74. The molecule has 0 radical (unpaired) electrons. The second-order valence-corrected chi connectivity index (χ2v) is 5.03. The Morgan fingerprint density at radius 2 is 2.16 bits per heavy atom. The molecule has 0 bridgehead atoms. The second-order valence-electron chi connectivity index (χ2n) is 5.03. The molecule has 0 unspecified atom stereocenters. The van der Waals surface area contributed by atoms with Gasteiger partial charge >= 0.3 is 6.18 Å². The number of rotatable bonds is 3. The fourth-order valence-electron chi connectivity index (χ4n) is 2.09. The number of pyridine rings is 1. The van der Waals surface area contributed by atoms with E-state index in [9.17, 15) is 13.2 Å². The first-order chi connectivity index (χ1) is 8.97. The minimum atomic E-state index is -4.33. The van der Waals surface area contributed by atoms with E-state index in [-0.39, 0.29) is 5.60 Å². The fourth-order valence-corrected chi connectivity index (χ4v) is 2.09. The first-order valence-corrected chi connectivity index (χ1v) is 6.11. The predicted octanol–water partition coefficient (Wildman–Crippen LogP) is 1.93. The van der Waals surface area contributed by atoms with Crippen molar-refractivity contribution in [1.82, 2.24) is 15.4 Å². The third-order valence-corrected chi connectivity index (χ3v) is 3.45. The zero-order valence-electron chi connectivity index (χ0n) is 10.2. The van der Waals surface area contributed by atoms with Crippen LogP contribution in [0.25, 0.3) is 0 Å². The summed E-state index contributed by atoms with van der Waals surface area (Å²) in [4.78, 5) is 3.81. The molecule has 104 valence electrons. The van der Waals surface area contributed by atoms with Crippen molar-refractivity contribution in [2.75, 3.05) is 13.3 Å². The Hall–Kier alpha value is -1.18. The lowest BCUT2D eigenvalue weighted by atomic mass is 10.2. The van der Waals surface area contributed by atoms with Gasteiger partial charge < -0.3 is 4.74 Å². The Morgan fingerprint density at radius 1 is 1.37 bits per heavy atom. The van der Waals surface area contributed by atoms with Gasteiger partial charge in [-0.05, 0) is 25.0 Å². The summed E-state index contributed by atoms with van der Waals surface area (Å²) in [5.41, 5.74) is 3.01. The topological polar surface area (TPSA) is 37.4 Å². The first-order valence-electron chi connectivity index (χ1n) is 6.11. The SMILES string of the molecule is FC(F)(F)c1ccc(CNN2COC3(CC3)C2)nc1. The largest absolute Gasteiger partial charge is 0.417 e. The standard InChI is InChI=1S/C12H14F3N3O/c13-12(14,15)9-1-2-10(16-5-9)6-17-18-7-11(3-4-11)19-8-18/h1-2,5,17H,3-4,6-8H2. The summed E-state index contributed by atoms with van der Waals surface area (Å²) in [6, 6.07) is 2.44. The molecule has 1 aromatic rings. The number of nitrogens with zero attached hydrogens (tertiary/aromatic N) is 2. The zero-order valence-corrected chi connectivity index (χ0v) is 10.2. The smallest absolute Gasteiger partial charge is 0.357 e. The minimum absolute atomic E-state index is 0.0422. The van der Waals surface area contributed by atoms with Gasteiger partial charge in [0.2, 0.25) is 0 Å². The number of aromatic nitrogens is 1. The van der Waals surface area contributed by atoms with Crippen LogP contribution in [0.5, 0.6) is 0 Å². The zero-order chi connectivity index (χ0) is 13.5. The number of alkyl halides is 3. The number of hydrazine groups is 1. The average molecular weight is 273 g/mol. The van der Waals surface area contributed by atoms with Crippen molar-refractivity contribution >= 4 is 0 Å². The van der Waals surface area contributed by atoms with Crippen LogP contribution in [0, 0.1) is 0 Å². The van der Waals surface area contributed by atoms with Gasteiger partial charge in [-0.25, -0.2) is 10.4 Å². The highest BCUT2D eigenvalue weighted by Gasteiger charge is 2.49. The van der Waals surface area contributed by atoms with Gasteiger partial charge in [0.05, 0.1) is 23.4 Å². The molecule has 1 N–H and O–H groups in total. The Bertz CT molecular complexity index is 456. The Labute approximate surface area is 108 Å². The lowest BCUT2D eigenvalue weighted by molar-refractivity contribution is -0.137. The van der Waals surface area contributed by atoms with E-state index in [4.69, 9.17) is 4.74 Å². The molecule has 0 amide bonds. The highest BCUT2D eigenvalue weighted by atomic mass is 19.4. The molecule has 1 aliphatic carbocycles. The van der Waals surface area contributed by atoms with Crippen molar-refractivity contribution in [2.24, 2.45) is 0 Å². The van der Waals surface area contributed by atoms with Crippen LogP contribution in [0.2, 0.25) is 0 Å². The molecule has 3 rings (SSSR count). The number of hydrogen-bond acceptors (Lipinski definition) is 4. The molecular formula is C12H14F3N3O. The van der Waals surface area contributed by atoms with Crippen LogP contribution in [-0.4, -0.2) is 28.9 Å². The van der Waals surface area contributed by atoms with Crippen molar-refractivity contribution in [3.8, 4) is 0 Å². The summed E-state index contributed by atoms with van der Waals surface area (Å²) in [7, 11) is 0. The van der Waals surface area contributed by atoms with E-state index in [1.54, 1.807) is 0 Å². The van der Waals surface area contributed by atoms with Crippen molar-refractivity contribution in [1.29, 1.82) is 0 Å². The lowest BCUT2D eigenvalue weighted by Gasteiger charge is -2.15. The van der Waals surface area contributed by atoms with Crippen LogP contribution in [0.15, 0.2) is 18.3 Å². The highest BCUT2D eigenvalue weighted by Crippen LogP contribution is 2.43. The van der Waals surface area contributed by atoms with Gasteiger partial charge in [-0.1, -0.05) is 0 Å². The predicted molar refractivity (Wildman–Crippen MR) is 60.7 cm³/mol. The number of hydrogen-bond donors (Lipinski definition) is 1. The van der Waals surface area contributed by atoms with Crippen LogP contribution in [0.4, 0.5) is 13.2 Å². The molecule has 0 aromatic carbocycles. The Morgan fingerprint density at radius 3 is 2.68 bits per heavy atom. The molecule has 2 fully saturated rings. The summed E-state index contributed by atoms with van der Waals surface area (Å²) >= 11 is 0. The van der Waals surface area contributed by atoms with Crippen LogP contribution >= 0.6 is 0 Å². The second kappa shape index (κ2) is 4.43. The summed E-state index contributed by atoms with van der Waals surface area (Å²) in [5, 5.41) is 1.94. The maximum Gasteiger partial charge on any atom is 0.417 e. The Balaban J connectivity index is 1.53. The molecule has 1 spiro atoms. The fraction of sp³-hybridized carbons (Fsp3) is 0.583. The third kappa shape index (κ3) is 2.88. The lowest BCUT2D eigenvalue weighted by Crippen LogP contribution is -2.36. The highest BCUT2D eigenvalue weighted by molar-refractivity contribution is 5.16. The molecule has 7 heteroatoms. The summed E-state index contributed by atoms with van der Waals surface area (Å²) < 4.78 is 42.7.